The molecule has 156 valence electrons. The van der Waals surface area contributed by atoms with E-state index in [9.17, 15) is 9.59 Å². The molecule has 1 aliphatic rings. The van der Waals surface area contributed by atoms with Crippen molar-refractivity contribution in [2.45, 2.75) is 32.3 Å². The minimum Gasteiger partial charge on any atom is -0.482 e. The Hall–Kier alpha value is -3.53. The average Bonchev–Trinajstić information content (AvgIpc) is 2.79. The van der Waals surface area contributed by atoms with Gasteiger partial charge in [-0.15, -0.1) is 0 Å². The van der Waals surface area contributed by atoms with Gasteiger partial charge < -0.3 is 19.7 Å². The zero-order valence-corrected chi connectivity index (χ0v) is 17.0. The van der Waals surface area contributed by atoms with Crippen molar-refractivity contribution in [3.8, 4) is 11.8 Å². The summed E-state index contributed by atoms with van der Waals surface area (Å²) in [6.07, 6.45) is 2.73. The maximum atomic E-state index is 12.3. The van der Waals surface area contributed by atoms with Crippen LogP contribution >= 0.6 is 0 Å². The molecule has 1 saturated heterocycles. The molecule has 1 atom stereocenters. The SMILES string of the molecule is C[C@H](OC(=O)COc1ccc(C#N)cc1)C(=O)Nc1ccc(N2CCCCC2)cc1. The van der Waals surface area contributed by atoms with Crippen molar-refractivity contribution in [1.82, 2.24) is 0 Å². The molecule has 7 heteroatoms. The maximum absolute atomic E-state index is 12.3. The van der Waals surface area contributed by atoms with Gasteiger partial charge in [0.2, 0.25) is 0 Å². The fourth-order valence-electron chi connectivity index (χ4n) is 3.20. The molecular formula is C23H25N3O4. The van der Waals surface area contributed by atoms with Gasteiger partial charge in [-0.1, -0.05) is 0 Å². The molecule has 1 amide bonds. The Morgan fingerprint density at radius 3 is 2.37 bits per heavy atom. The molecule has 0 aromatic heterocycles. The predicted octanol–water partition coefficient (Wildman–Crippen LogP) is 3.50. The zero-order valence-electron chi connectivity index (χ0n) is 17.0. The van der Waals surface area contributed by atoms with Crippen LogP contribution in [0, 0.1) is 11.3 Å². The van der Waals surface area contributed by atoms with E-state index in [1.165, 1.54) is 26.2 Å². The van der Waals surface area contributed by atoms with E-state index in [-0.39, 0.29) is 6.61 Å². The predicted molar refractivity (Wildman–Crippen MR) is 113 cm³/mol. The molecule has 0 saturated carbocycles. The molecule has 0 aliphatic carbocycles. The minimum absolute atomic E-state index is 0.325. The van der Waals surface area contributed by atoms with Gasteiger partial charge in [-0.2, -0.15) is 5.26 Å². The van der Waals surface area contributed by atoms with Crippen molar-refractivity contribution in [2.24, 2.45) is 0 Å². The summed E-state index contributed by atoms with van der Waals surface area (Å²) in [6, 6.07) is 16.1. The number of benzene rings is 2. The van der Waals surface area contributed by atoms with Crippen molar-refractivity contribution < 1.29 is 19.1 Å². The van der Waals surface area contributed by atoms with Crippen LogP contribution in [0.1, 0.15) is 31.7 Å². The summed E-state index contributed by atoms with van der Waals surface area (Å²) in [5, 5.41) is 11.5. The molecule has 2 aromatic rings. The number of piperidine rings is 1. The van der Waals surface area contributed by atoms with E-state index in [1.807, 2.05) is 30.3 Å². The minimum atomic E-state index is -0.955. The second-order valence-electron chi connectivity index (χ2n) is 7.14. The summed E-state index contributed by atoms with van der Waals surface area (Å²) in [4.78, 5) is 26.6. The van der Waals surface area contributed by atoms with Crippen LogP contribution in [-0.2, 0) is 14.3 Å². The zero-order chi connectivity index (χ0) is 21.3. The van der Waals surface area contributed by atoms with Crippen LogP contribution in [0.15, 0.2) is 48.5 Å². The van der Waals surface area contributed by atoms with Crippen LogP contribution < -0.4 is 15.0 Å². The number of hydrogen-bond donors (Lipinski definition) is 1. The van der Waals surface area contributed by atoms with E-state index in [1.54, 1.807) is 24.3 Å². The van der Waals surface area contributed by atoms with E-state index < -0.39 is 18.0 Å². The average molecular weight is 407 g/mol. The molecule has 1 aliphatic heterocycles. The highest BCUT2D eigenvalue weighted by molar-refractivity contribution is 5.95. The van der Waals surface area contributed by atoms with Gasteiger partial charge in [-0.3, -0.25) is 4.79 Å². The number of anilines is 2. The van der Waals surface area contributed by atoms with E-state index in [4.69, 9.17) is 14.7 Å². The van der Waals surface area contributed by atoms with Gasteiger partial charge in [-0.05, 0) is 74.7 Å². The summed E-state index contributed by atoms with van der Waals surface area (Å²) in [7, 11) is 0. The van der Waals surface area contributed by atoms with Crippen LogP contribution in [0.4, 0.5) is 11.4 Å². The van der Waals surface area contributed by atoms with Gasteiger partial charge in [-0.25, -0.2) is 4.79 Å². The second kappa shape index (κ2) is 10.3. The largest absolute Gasteiger partial charge is 0.482 e. The van der Waals surface area contributed by atoms with Crippen LogP contribution in [0.3, 0.4) is 0 Å². The summed E-state index contributed by atoms with van der Waals surface area (Å²) >= 11 is 0. The fourth-order valence-corrected chi connectivity index (χ4v) is 3.20. The molecular weight excluding hydrogens is 382 g/mol. The Bertz CT molecular complexity index is 898. The number of esters is 1. The highest BCUT2D eigenvalue weighted by atomic mass is 16.6. The Morgan fingerprint density at radius 1 is 1.07 bits per heavy atom. The summed E-state index contributed by atoms with van der Waals surface area (Å²) in [5.41, 5.74) is 2.30. The number of carbonyl (C=O) groups is 2. The summed E-state index contributed by atoms with van der Waals surface area (Å²) in [6.45, 7) is 3.30. The van der Waals surface area contributed by atoms with Crippen molar-refractivity contribution >= 4 is 23.3 Å². The fraction of sp³-hybridized carbons (Fsp3) is 0.348. The van der Waals surface area contributed by atoms with Crippen LogP contribution in [0.5, 0.6) is 5.75 Å². The topological polar surface area (TPSA) is 91.7 Å². The molecule has 3 rings (SSSR count). The third kappa shape index (κ3) is 5.98. The standard InChI is InChI=1S/C23H25N3O4/c1-17(30-22(27)16-29-21-11-5-18(15-24)6-12-21)23(28)25-19-7-9-20(10-8-19)26-13-3-2-4-14-26/h5-12,17H,2-4,13-14,16H2,1H3,(H,25,28)/t17-/m0/s1. The van der Waals surface area contributed by atoms with Crippen LogP contribution in [0.2, 0.25) is 0 Å². The van der Waals surface area contributed by atoms with Gasteiger partial charge in [0.05, 0.1) is 11.6 Å². The maximum Gasteiger partial charge on any atom is 0.344 e. The van der Waals surface area contributed by atoms with Gasteiger partial charge in [0.1, 0.15) is 5.75 Å². The van der Waals surface area contributed by atoms with Crippen molar-refractivity contribution in [1.29, 1.82) is 5.26 Å². The molecule has 0 spiro atoms. The Balaban J connectivity index is 1.44. The normalized spacial score (nSPS) is 14.3. The molecule has 2 aromatic carbocycles. The Labute approximate surface area is 176 Å². The molecule has 7 nitrogen and oxygen atoms in total. The Morgan fingerprint density at radius 2 is 1.73 bits per heavy atom. The van der Waals surface area contributed by atoms with E-state index in [0.29, 0.717) is 17.0 Å². The molecule has 1 N–H and O–H groups in total. The van der Waals surface area contributed by atoms with Gasteiger partial charge in [0, 0.05) is 24.5 Å². The first-order valence-corrected chi connectivity index (χ1v) is 10.0. The van der Waals surface area contributed by atoms with Crippen molar-refractivity contribution in [2.75, 3.05) is 29.9 Å². The lowest BCUT2D eigenvalue weighted by Crippen LogP contribution is -2.31. The summed E-state index contributed by atoms with van der Waals surface area (Å²) < 4.78 is 10.5. The summed E-state index contributed by atoms with van der Waals surface area (Å²) in [5.74, 6) is -0.619. The quantitative estimate of drug-likeness (QED) is 0.707. The number of nitriles is 1. The first kappa shape index (κ1) is 21.2. The molecule has 0 radical (unpaired) electrons. The lowest BCUT2D eigenvalue weighted by Gasteiger charge is -2.28. The molecule has 1 fully saturated rings. The number of nitrogens with one attached hydrogen (secondary N) is 1. The van der Waals surface area contributed by atoms with E-state index in [0.717, 1.165) is 18.8 Å². The van der Waals surface area contributed by atoms with E-state index in [2.05, 4.69) is 10.2 Å². The van der Waals surface area contributed by atoms with Crippen LogP contribution in [0.25, 0.3) is 0 Å². The highest BCUT2D eigenvalue weighted by Crippen LogP contribution is 2.22. The number of nitrogens with zero attached hydrogens (tertiary/aromatic N) is 2. The monoisotopic (exact) mass is 407 g/mol. The van der Waals surface area contributed by atoms with Gasteiger partial charge in [0.15, 0.2) is 12.7 Å². The first-order valence-electron chi connectivity index (χ1n) is 10.0. The smallest absolute Gasteiger partial charge is 0.344 e. The molecule has 0 unspecified atom stereocenters. The number of hydrogen-bond acceptors (Lipinski definition) is 6. The first-order chi connectivity index (χ1) is 14.5. The highest BCUT2D eigenvalue weighted by Gasteiger charge is 2.19. The third-order valence-electron chi connectivity index (χ3n) is 4.87. The second-order valence-corrected chi connectivity index (χ2v) is 7.14. The number of amides is 1. The van der Waals surface area contributed by atoms with E-state index >= 15 is 0 Å². The van der Waals surface area contributed by atoms with Crippen molar-refractivity contribution in [3.05, 3.63) is 54.1 Å². The number of ether oxygens (including phenoxy) is 2. The van der Waals surface area contributed by atoms with Gasteiger partial charge in [0.25, 0.3) is 5.91 Å². The lowest BCUT2D eigenvalue weighted by atomic mass is 10.1. The molecule has 1 heterocycles. The number of rotatable bonds is 7. The number of carbonyl (C=O) groups excluding carboxylic acids is 2. The Kier molecular flexibility index (Phi) is 7.28. The lowest BCUT2D eigenvalue weighted by molar-refractivity contribution is -0.155. The molecule has 0 bridgehead atoms. The third-order valence-corrected chi connectivity index (χ3v) is 4.87. The van der Waals surface area contributed by atoms with Gasteiger partial charge >= 0.3 is 5.97 Å². The van der Waals surface area contributed by atoms with Crippen LogP contribution in [-0.4, -0.2) is 37.7 Å². The molecule has 30 heavy (non-hydrogen) atoms. The van der Waals surface area contributed by atoms with Crippen molar-refractivity contribution in [3.63, 3.8) is 0 Å².